The topological polar surface area (TPSA) is 71.9 Å². The van der Waals surface area contributed by atoms with Crippen LogP contribution in [0, 0.1) is 11.3 Å². The number of methoxy groups -OCH3 is 1. The maximum absolute atomic E-state index is 8.57. The third-order valence-electron chi connectivity index (χ3n) is 1.97. The summed E-state index contributed by atoms with van der Waals surface area (Å²) in [5, 5.41) is 16.4. The Morgan fingerprint density at radius 3 is 2.41 bits per heavy atom. The van der Waals surface area contributed by atoms with Crippen molar-refractivity contribution >= 4 is 23.2 Å². The van der Waals surface area contributed by atoms with Gasteiger partial charge in [-0.2, -0.15) is 5.26 Å². The molecule has 0 amide bonds. The average molecular weight is 270 g/mol. The number of nitriles is 1. The monoisotopic (exact) mass is 269 g/mol. The van der Waals surface area contributed by atoms with Crippen LogP contribution in [0.4, 0.5) is 0 Å². The number of aromatic nitrogens is 2. The van der Waals surface area contributed by atoms with E-state index in [-0.39, 0.29) is 11.8 Å². The van der Waals surface area contributed by atoms with Crippen LogP contribution in [-0.2, 0) is 0 Å². The van der Waals surface area contributed by atoms with Gasteiger partial charge in [0.2, 0.25) is 5.89 Å². The fourth-order valence-corrected chi connectivity index (χ4v) is 1.90. The first-order chi connectivity index (χ1) is 8.15. The Bertz CT molecular complexity index is 581. The first kappa shape index (κ1) is 11.7. The Hall–Kier alpha value is -1.77. The number of hydrogen-bond donors (Lipinski definition) is 0. The molecule has 1 aromatic carbocycles. The van der Waals surface area contributed by atoms with Crippen LogP contribution in [0.25, 0.3) is 11.5 Å². The highest BCUT2D eigenvalue weighted by Gasteiger charge is 2.14. The van der Waals surface area contributed by atoms with Crippen LogP contribution < -0.4 is 4.74 Å². The van der Waals surface area contributed by atoms with E-state index in [1.165, 1.54) is 7.11 Å². The van der Waals surface area contributed by atoms with Gasteiger partial charge >= 0.3 is 5.89 Å². The largest absolute Gasteiger partial charge is 0.494 e. The van der Waals surface area contributed by atoms with Gasteiger partial charge in [-0.05, 0) is 12.1 Å². The molecule has 2 rings (SSSR count). The van der Waals surface area contributed by atoms with Crippen LogP contribution >= 0.6 is 23.2 Å². The summed E-state index contributed by atoms with van der Waals surface area (Å²) in [6, 6.07) is 4.88. The van der Waals surface area contributed by atoms with Crippen molar-refractivity contribution in [3.05, 3.63) is 28.1 Å². The van der Waals surface area contributed by atoms with Crippen molar-refractivity contribution in [1.29, 1.82) is 5.26 Å². The van der Waals surface area contributed by atoms with Gasteiger partial charge in [-0.15, -0.1) is 5.10 Å². The van der Waals surface area contributed by atoms with Crippen molar-refractivity contribution in [1.82, 2.24) is 10.2 Å². The Labute approximate surface area is 107 Å². The SMILES string of the molecule is COc1c(Cl)cc(-c2nnc(C#N)o2)cc1Cl. The average Bonchev–Trinajstić information content (AvgIpc) is 2.77. The highest BCUT2D eigenvalue weighted by atomic mass is 35.5. The molecule has 0 fully saturated rings. The molecule has 0 aliphatic rings. The lowest BCUT2D eigenvalue weighted by atomic mass is 10.2. The second-order valence-electron chi connectivity index (χ2n) is 3.00. The van der Waals surface area contributed by atoms with E-state index in [0.29, 0.717) is 21.4 Å². The normalized spacial score (nSPS) is 10.0. The molecule has 0 unspecified atom stereocenters. The van der Waals surface area contributed by atoms with Gasteiger partial charge in [0.1, 0.15) is 0 Å². The standard InChI is InChI=1S/C10H5Cl2N3O2/c1-16-9-6(11)2-5(3-7(9)12)10-15-14-8(4-13)17-10/h2-3H,1H3. The zero-order valence-electron chi connectivity index (χ0n) is 8.57. The maximum atomic E-state index is 8.57. The fraction of sp³-hybridized carbons (Fsp3) is 0.100. The number of rotatable bonds is 2. The summed E-state index contributed by atoms with van der Waals surface area (Å²) in [4.78, 5) is 0. The maximum Gasteiger partial charge on any atom is 0.321 e. The first-order valence-corrected chi connectivity index (χ1v) is 5.18. The molecular formula is C10H5Cl2N3O2. The lowest BCUT2D eigenvalue weighted by molar-refractivity contribution is 0.415. The summed E-state index contributed by atoms with van der Waals surface area (Å²) < 4.78 is 10.1. The van der Waals surface area contributed by atoms with Crippen molar-refractivity contribution in [2.45, 2.75) is 0 Å². The Morgan fingerprint density at radius 2 is 1.94 bits per heavy atom. The van der Waals surface area contributed by atoms with Crippen LogP contribution in [0.3, 0.4) is 0 Å². The minimum atomic E-state index is -0.122. The summed E-state index contributed by atoms with van der Waals surface area (Å²) in [7, 11) is 1.47. The predicted octanol–water partition coefficient (Wildman–Crippen LogP) is 2.92. The van der Waals surface area contributed by atoms with E-state index < -0.39 is 0 Å². The van der Waals surface area contributed by atoms with Gasteiger partial charge in [-0.25, -0.2) is 0 Å². The molecule has 86 valence electrons. The molecule has 0 aliphatic heterocycles. The molecular weight excluding hydrogens is 265 g/mol. The van der Waals surface area contributed by atoms with E-state index in [1.807, 2.05) is 0 Å². The number of benzene rings is 1. The van der Waals surface area contributed by atoms with Crippen LogP contribution in [0.15, 0.2) is 16.5 Å². The highest BCUT2D eigenvalue weighted by Crippen LogP contribution is 2.36. The second kappa shape index (κ2) is 4.62. The zero-order chi connectivity index (χ0) is 12.4. The van der Waals surface area contributed by atoms with Crippen LogP contribution in [-0.4, -0.2) is 17.3 Å². The molecule has 0 saturated heterocycles. The highest BCUT2D eigenvalue weighted by molar-refractivity contribution is 6.37. The number of nitrogens with zero attached hydrogens (tertiary/aromatic N) is 3. The van der Waals surface area contributed by atoms with Crippen LogP contribution in [0.2, 0.25) is 10.0 Å². The van der Waals surface area contributed by atoms with Crippen molar-refractivity contribution in [3.63, 3.8) is 0 Å². The minimum absolute atomic E-state index is 0.122. The van der Waals surface area contributed by atoms with E-state index in [4.69, 9.17) is 37.6 Å². The molecule has 0 bridgehead atoms. The summed E-state index contributed by atoms with van der Waals surface area (Å²) in [5.41, 5.74) is 0.523. The van der Waals surface area contributed by atoms with E-state index in [9.17, 15) is 0 Å². The van der Waals surface area contributed by atoms with Crippen LogP contribution in [0.5, 0.6) is 5.75 Å². The van der Waals surface area contributed by atoms with Crippen LogP contribution in [0.1, 0.15) is 5.89 Å². The third kappa shape index (κ3) is 2.18. The molecule has 0 spiro atoms. The Balaban J connectivity index is 2.51. The van der Waals surface area contributed by atoms with Crippen molar-refractivity contribution in [2.75, 3.05) is 7.11 Å². The molecule has 2 aromatic rings. The van der Waals surface area contributed by atoms with Gasteiger partial charge in [0, 0.05) is 5.56 Å². The quantitative estimate of drug-likeness (QED) is 0.838. The van der Waals surface area contributed by atoms with Gasteiger partial charge in [0.05, 0.1) is 17.2 Å². The lowest BCUT2D eigenvalue weighted by Crippen LogP contribution is -1.87. The molecule has 0 saturated carbocycles. The molecule has 0 N–H and O–H groups in total. The fourth-order valence-electron chi connectivity index (χ4n) is 1.26. The molecule has 0 aliphatic carbocycles. The summed E-state index contributed by atoms with van der Waals surface area (Å²) >= 11 is 11.9. The van der Waals surface area contributed by atoms with Gasteiger partial charge in [0.25, 0.3) is 0 Å². The second-order valence-corrected chi connectivity index (χ2v) is 3.81. The predicted molar refractivity (Wildman–Crippen MR) is 61.0 cm³/mol. The molecule has 1 heterocycles. The van der Waals surface area contributed by atoms with E-state index in [0.717, 1.165) is 0 Å². The molecule has 5 nitrogen and oxygen atoms in total. The summed E-state index contributed by atoms with van der Waals surface area (Å²) in [6.45, 7) is 0. The van der Waals surface area contributed by atoms with Gasteiger partial charge in [-0.3, -0.25) is 0 Å². The summed E-state index contributed by atoms with van der Waals surface area (Å²) in [6.07, 6.45) is 0. The smallest absolute Gasteiger partial charge is 0.321 e. The van der Waals surface area contributed by atoms with E-state index in [2.05, 4.69) is 10.2 Å². The van der Waals surface area contributed by atoms with Gasteiger partial charge < -0.3 is 9.15 Å². The van der Waals surface area contributed by atoms with Crippen molar-refractivity contribution < 1.29 is 9.15 Å². The third-order valence-corrected chi connectivity index (χ3v) is 2.53. The van der Waals surface area contributed by atoms with Gasteiger partial charge in [0.15, 0.2) is 11.8 Å². The lowest BCUT2D eigenvalue weighted by Gasteiger charge is -2.06. The molecule has 1 aromatic heterocycles. The van der Waals surface area contributed by atoms with Crippen molar-refractivity contribution in [3.8, 4) is 23.3 Å². The Morgan fingerprint density at radius 1 is 1.29 bits per heavy atom. The minimum Gasteiger partial charge on any atom is -0.494 e. The number of halogens is 2. The van der Waals surface area contributed by atoms with E-state index >= 15 is 0 Å². The Kier molecular flexibility index (Phi) is 3.18. The summed E-state index contributed by atoms with van der Waals surface area (Å²) in [5.74, 6) is 0.424. The molecule has 17 heavy (non-hydrogen) atoms. The molecule has 0 radical (unpaired) electrons. The first-order valence-electron chi connectivity index (χ1n) is 4.42. The number of hydrogen-bond acceptors (Lipinski definition) is 5. The zero-order valence-corrected chi connectivity index (χ0v) is 10.1. The van der Waals surface area contributed by atoms with E-state index in [1.54, 1.807) is 18.2 Å². The molecule has 0 atom stereocenters. The van der Waals surface area contributed by atoms with Gasteiger partial charge in [-0.1, -0.05) is 28.3 Å². The van der Waals surface area contributed by atoms with Crippen molar-refractivity contribution in [2.24, 2.45) is 0 Å². The molecule has 7 heteroatoms. The number of ether oxygens (including phenoxy) is 1.